The number of amides is 11. The lowest BCUT2D eigenvalue weighted by atomic mass is 10.00. The second-order valence-corrected chi connectivity index (χ2v) is 20.1. The van der Waals surface area contributed by atoms with E-state index >= 15 is 0 Å². The van der Waals surface area contributed by atoms with E-state index < -0.39 is 152 Å². The number of unbranched alkanes of at least 4 members (excludes halogenated alkanes) is 1. The summed E-state index contributed by atoms with van der Waals surface area (Å²) < 4.78 is 0. The van der Waals surface area contributed by atoms with Crippen molar-refractivity contribution in [3.05, 3.63) is 95.6 Å². The van der Waals surface area contributed by atoms with Crippen LogP contribution in [-0.2, 0) is 76.8 Å². The van der Waals surface area contributed by atoms with E-state index in [1.165, 1.54) is 55.5 Å². The quantitative estimate of drug-likeness (QED) is 0.0646. The van der Waals surface area contributed by atoms with Gasteiger partial charge in [0.2, 0.25) is 65.0 Å². The Morgan fingerprint density at radius 1 is 0.482 bits per heavy atom. The van der Waals surface area contributed by atoms with Crippen LogP contribution >= 0.6 is 0 Å². The molecule has 8 atom stereocenters. The number of aliphatic hydroxyl groups excluding tert-OH is 1. The SMILES string of the molecule is CC(C)C[C@@H]1NC(=O)[C@H](CO)NC(=O)[C@H](Cc2ccccc2)NC(=O)CNC(=O)CNC(=O)[C@H](Cc2ccc(O)cc2)NC(=O)[C@H](CC(=O)O)NC(=O)CNC(=O)[C@H](C)NC(=O)[C@H](CCCCN)NC(=O)[C@H](Cc2ccc(O)cc2)NC1=O. The summed E-state index contributed by atoms with van der Waals surface area (Å²) in [5, 5.41) is 66.6. The summed E-state index contributed by atoms with van der Waals surface area (Å²) in [4.78, 5) is 163. The third-order valence-electron chi connectivity index (χ3n) is 12.8. The van der Waals surface area contributed by atoms with E-state index in [4.69, 9.17) is 5.73 Å². The van der Waals surface area contributed by atoms with Crippen molar-refractivity contribution in [3.8, 4) is 11.5 Å². The predicted molar refractivity (Wildman–Crippen MR) is 296 cm³/mol. The molecule has 0 spiro atoms. The maximum atomic E-state index is 14.4. The summed E-state index contributed by atoms with van der Waals surface area (Å²) in [6.45, 7) is 1.52. The van der Waals surface area contributed by atoms with Crippen molar-refractivity contribution in [2.24, 2.45) is 11.7 Å². The van der Waals surface area contributed by atoms with E-state index in [0.717, 1.165) is 0 Å². The van der Waals surface area contributed by atoms with Gasteiger partial charge in [0.25, 0.3) is 0 Å². The van der Waals surface area contributed by atoms with Gasteiger partial charge < -0.3 is 84.6 Å². The van der Waals surface area contributed by atoms with Gasteiger partial charge in [0.1, 0.15) is 59.8 Å². The van der Waals surface area contributed by atoms with E-state index in [1.807, 2.05) is 0 Å². The Bertz CT molecular complexity index is 2750. The minimum atomic E-state index is -1.86. The number of nitrogens with two attached hydrogens (primary N) is 1. The average Bonchev–Trinajstić information content (AvgIpc) is 3.58. The molecule has 1 aliphatic heterocycles. The number of carbonyl (C=O) groups excluding carboxylic acids is 11. The highest BCUT2D eigenvalue weighted by Gasteiger charge is 2.35. The van der Waals surface area contributed by atoms with Gasteiger partial charge in [0.05, 0.1) is 32.7 Å². The number of carboxylic acids is 1. The largest absolute Gasteiger partial charge is 0.508 e. The molecular weight excluding hydrogens is 1080 g/mol. The van der Waals surface area contributed by atoms with Crippen molar-refractivity contribution in [3.63, 3.8) is 0 Å². The normalized spacial score (nSPS) is 23.0. The number of nitrogens with one attached hydrogen (secondary N) is 11. The topological polar surface area (TPSA) is 444 Å². The Morgan fingerprint density at radius 2 is 0.892 bits per heavy atom. The van der Waals surface area contributed by atoms with Crippen LogP contribution in [0.3, 0.4) is 0 Å². The van der Waals surface area contributed by atoms with Gasteiger partial charge in [-0.2, -0.15) is 0 Å². The molecule has 3 aromatic carbocycles. The minimum absolute atomic E-state index is 0.0267. The number of hydrogen-bond acceptors (Lipinski definition) is 16. The zero-order valence-electron chi connectivity index (χ0n) is 46.2. The molecular formula is C55H74N12O16. The fraction of sp³-hybridized carbons (Fsp3) is 0.455. The molecule has 1 fully saturated rings. The highest BCUT2D eigenvalue weighted by atomic mass is 16.4. The minimum Gasteiger partial charge on any atom is -0.508 e. The smallest absolute Gasteiger partial charge is 0.305 e. The standard InChI is InChI=1S/C55H74N12O16/c1-30(2)21-38-51(79)66-41(24-34-14-18-36(70)19-15-34)53(81)63-37(11-7-8-20-56)50(78)60-31(3)48(76)58-28-46(73)62-42(25-47(74)75)54(82)65-39(23-33-12-16-35(69)17-13-33)49(77)59-26-44(71)57-27-45(72)61-40(22-32-9-5-4-6-10-32)52(80)67-43(29-68)55(83)64-38/h4-6,9-10,12-19,30-31,37-43,68-70H,7-8,11,20-29,56H2,1-3H3,(H,57,71)(H,58,76)(H,59,77)(H,60,78)(H,61,72)(H,62,73)(H,63,81)(H,64,83)(H,65,82)(H,66,79)(H,67,80)(H,74,75)/t31-,37-,38-,39-,40-,41-,42-,43-/m0/s1. The van der Waals surface area contributed by atoms with E-state index in [-0.39, 0.29) is 56.1 Å². The molecule has 28 heteroatoms. The van der Waals surface area contributed by atoms with Crippen molar-refractivity contribution in [1.29, 1.82) is 0 Å². The third-order valence-corrected chi connectivity index (χ3v) is 12.8. The molecule has 0 bridgehead atoms. The number of benzene rings is 3. The van der Waals surface area contributed by atoms with Crippen molar-refractivity contribution in [2.75, 3.05) is 32.8 Å². The number of hydrogen-bond donors (Lipinski definition) is 16. The second-order valence-electron chi connectivity index (χ2n) is 20.1. The molecule has 11 amide bonds. The van der Waals surface area contributed by atoms with E-state index in [2.05, 4.69) is 58.5 Å². The summed E-state index contributed by atoms with van der Waals surface area (Å²) in [6.07, 6.45) is -1.08. The molecule has 0 aliphatic carbocycles. The van der Waals surface area contributed by atoms with Gasteiger partial charge in [0, 0.05) is 19.3 Å². The highest BCUT2D eigenvalue weighted by Crippen LogP contribution is 2.15. The molecule has 4 rings (SSSR count). The molecule has 0 aromatic heterocycles. The zero-order valence-corrected chi connectivity index (χ0v) is 46.2. The molecule has 17 N–H and O–H groups in total. The fourth-order valence-corrected chi connectivity index (χ4v) is 8.34. The van der Waals surface area contributed by atoms with Gasteiger partial charge in [-0.3, -0.25) is 57.5 Å². The Hall–Kier alpha value is -9.18. The van der Waals surface area contributed by atoms with Gasteiger partial charge >= 0.3 is 5.97 Å². The van der Waals surface area contributed by atoms with Crippen LogP contribution in [0.15, 0.2) is 78.9 Å². The van der Waals surface area contributed by atoms with Crippen molar-refractivity contribution >= 4 is 70.9 Å². The maximum Gasteiger partial charge on any atom is 0.305 e. The summed E-state index contributed by atoms with van der Waals surface area (Å²) in [5.41, 5.74) is 7.07. The number of aliphatic hydroxyl groups is 1. The molecule has 28 nitrogen and oxygen atoms in total. The Kier molecular flexibility index (Phi) is 26.8. The Morgan fingerprint density at radius 3 is 1.42 bits per heavy atom. The van der Waals surface area contributed by atoms with E-state index in [1.54, 1.807) is 44.2 Å². The molecule has 1 aliphatic rings. The number of aliphatic carboxylic acids is 1. The lowest BCUT2D eigenvalue weighted by molar-refractivity contribution is -0.141. The van der Waals surface area contributed by atoms with Crippen LogP contribution in [0.4, 0.5) is 0 Å². The first-order valence-electron chi connectivity index (χ1n) is 26.8. The molecule has 1 saturated heterocycles. The first-order chi connectivity index (χ1) is 39.4. The average molecular weight is 1160 g/mol. The number of carboxylic acid groups (broad SMARTS) is 1. The first kappa shape index (κ1) is 66.3. The third kappa shape index (κ3) is 23.4. The van der Waals surface area contributed by atoms with Gasteiger partial charge in [-0.15, -0.1) is 0 Å². The number of aromatic hydroxyl groups is 2. The molecule has 450 valence electrons. The van der Waals surface area contributed by atoms with Crippen molar-refractivity contribution in [1.82, 2.24) is 58.5 Å². The van der Waals surface area contributed by atoms with Crippen LogP contribution < -0.4 is 64.2 Å². The maximum absolute atomic E-state index is 14.4. The van der Waals surface area contributed by atoms with Crippen LogP contribution in [-0.4, -0.2) is 172 Å². The van der Waals surface area contributed by atoms with Crippen LogP contribution in [0.5, 0.6) is 11.5 Å². The lowest BCUT2D eigenvalue weighted by Gasteiger charge is -2.28. The summed E-state index contributed by atoms with van der Waals surface area (Å²) >= 11 is 0. The number of phenolic OH excluding ortho intramolecular Hbond substituents is 2. The van der Waals surface area contributed by atoms with E-state index in [9.17, 15) is 78.0 Å². The van der Waals surface area contributed by atoms with Crippen LogP contribution in [0.2, 0.25) is 0 Å². The number of carbonyl (C=O) groups is 12. The molecule has 0 saturated carbocycles. The molecule has 1 heterocycles. The Labute approximate surface area is 478 Å². The van der Waals surface area contributed by atoms with Gasteiger partial charge in [0.15, 0.2) is 0 Å². The predicted octanol–water partition coefficient (Wildman–Crippen LogP) is -3.97. The van der Waals surface area contributed by atoms with Gasteiger partial charge in [-0.1, -0.05) is 68.4 Å². The molecule has 3 aromatic rings. The second kappa shape index (κ2) is 33.5. The van der Waals surface area contributed by atoms with Crippen molar-refractivity contribution in [2.45, 2.75) is 120 Å². The number of phenols is 2. The Balaban J connectivity index is 1.72. The number of rotatable bonds is 15. The van der Waals surface area contributed by atoms with Gasteiger partial charge in [-0.25, -0.2) is 0 Å². The van der Waals surface area contributed by atoms with Crippen LogP contribution in [0.25, 0.3) is 0 Å². The van der Waals surface area contributed by atoms with Crippen LogP contribution in [0.1, 0.15) is 69.6 Å². The molecule has 83 heavy (non-hydrogen) atoms. The summed E-state index contributed by atoms with van der Waals surface area (Å²) in [5.74, 6) is -12.8. The summed E-state index contributed by atoms with van der Waals surface area (Å²) in [6, 6.07) is 7.13. The van der Waals surface area contributed by atoms with Crippen molar-refractivity contribution < 1.29 is 78.0 Å². The van der Waals surface area contributed by atoms with Crippen LogP contribution in [0, 0.1) is 5.92 Å². The van der Waals surface area contributed by atoms with Gasteiger partial charge in [-0.05, 0) is 86.0 Å². The summed E-state index contributed by atoms with van der Waals surface area (Å²) in [7, 11) is 0. The molecule has 0 unspecified atom stereocenters. The monoisotopic (exact) mass is 1160 g/mol. The zero-order chi connectivity index (χ0) is 61.2. The molecule has 0 radical (unpaired) electrons. The fourth-order valence-electron chi connectivity index (χ4n) is 8.34. The lowest BCUT2D eigenvalue weighted by Crippen LogP contribution is -2.60. The first-order valence-corrected chi connectivity index (χ1v) is 26.8. The highest BCUT2D eigenvalue weighted by molar-refractivity contribution is 5.99. The van der Waals surface area contributed by atoms with E-state index in [0.29, 0.717) is 29.5 Å².